The Hall–Kier alpha value is -1.11. The molecule has 0 aliphatic heterocycles. The molecule has 1 aromatic rings. The lowest BCUT2D eigenvalue weighted by molar-refractivity contribution is -0.112. The van der Waals surface area contributed by atoms with Gasteiger partial charge in [0.05, 0.1) is 0 Å². The maximum Gasteiger partial charge on any atom is 0.123 e. The van der Waals surface area contributed by atoms with E-state index in [9.17, 15) is 4.79 Å². The minimum atomic E-state index is 0.143. The van der Waals surface area contributed by atoms with Gasteiger partial charge < -0.3 is 4.79 Å². The minimum Gasteiger partial charge on any atom is -0.303 e. The Balaban J connectivity index is 2.71. The van der Waals surface area contributed by atoms with Crippen LogP contribution >= 0.6 is 0 Å². The molecule has 1 unspecified atom stereocenters. The summed E-state index contributed by atoms with van der Waals surface area (Å²) >= 11 is 0. The van der Waals surface area contributed by atoms with Gasteiger partial charge in [0.1, 0.15) is 6.29 Å². The number of benzene rings is 1. The first kappa shape index (κ1) is 13.0. The zero-order chi connectivity index (χ0) is 12.1. The standard InChI is InChI=1S/C15H22O/c1-11(2)14-7-5-13(6-8-14)9-15(10-16)12(3)4/h5-8,10-12,15H,9H2,1-4H3. The first-order valence-corrected chi connectivity index (χ1v) is 6.08. The van der Waals surface area contributed by atoms with Gasteiger partial charge >= 0.3 is 0 Å². The van der Waals surface area contributed by atoms with Crippen molar-refractivity contribution in [3.63, 3.8) is 0 Å². The van der Waals surface area contributed by atoms with Gasteiger partial charge in [-0.2, -0.15) is 0 Å². The largest absolute Gasteiger partial charge is 0.303 e. The molecule has 1 atom stereocenters. The van der Waals surface area contributed by atoms with Crippen LogP contribution in [0.1, 0.15) is 44.7 Å². The maximum atomic E-state index is 10.9. The molecule has 0 aliphatic carbocycles. The van der Waals surface area contributed by atoms with Crippen LogP contribution in [0.4, 0.5) is 0 Å². The van der Waals surface area contributed by atoms with E-state index >= 15 is 0 Å². The third-order valence-electron chi connectivity index (χ3n) is 3.15. The van der Waals surface area contributed by atoms with Crippen molar-refractivity contribution in [1.82, 2.24) is 0 Å². The monoisotopic (exact) mass is 218 g/mol. The van der Waals surface area contributed by atoms with Crippen LogP contribution < -0.4 is 0 Å². The van der Waals surface area contributed by atoms with E-state index in [1.165, 1.54) is 11.1 Å². The van der Waals surface area contributed by atoms with E-state index in [2.05, 4.69) is 52.0 Å². The summed E-state index contributed by atoms with van der Waals surface area (Å²) in [6, 6.07) is 8.63. The molecule has 1 heteroatoms. The number of rotatable bonds is 5. The van der Waals surface area contributed by atoms with Crippen molar-refractivity contribution in [1.29, 1.82) is 0 Å². The van der Waals surface area contributed by atoms with E-state index < -0.39 is 0 Å². The highest BCUT2D eigenvalue weighted by Gasteiger charge is 2.12. The Morgan fingerprint density at radius 2 is 1.62 bits per heavy atom. The van der Waals surface area contributed by atoms with Gasteiger partial charge in [0.2, 0.25) is 0 Å². The van der Waals surface area contributed by atoms with E-state index in [1.54, 1.807) is 0 Å². The Morgan fingerprint density at radius 3 is 2.00 bits per heavy atom. The van der Waals surface area contributed by atoms with Crippen molar-refractivity contribution in [2.45, 2.75) is 40.0 Å². The van der Waals surface area contributed by atoms with Crippen LogP contribution in [0.5, 0.6) is 0 Å². The predicted octanol–water partition coefficient (Wildman–Crippen LogP) is 3.82. The fourth-order valence-corrected chi connectivity index (χ4v) is 1.75. The lowest BCUT2D eigenvalue weighted by Crippen LogP contribution is -2.13. The molecule has 88 valence electrons. The summed E-state index contributed by atoms with van der Waals surface area (Å²) < 4.78 is 0. The highest BCUT2D eigenvalue weighted by molar-refractivity contribution is 5.54. The molecule has 0 aromatic heterocycles. The van der Waals surface area contributed by atoms with E-state index in [1.807, 2.05) is 0 Å². The maximum absolute atomic E-state index is 10.9. The number of hydrogen-bond acceptors (Lipinski definition) is 1. The van der Waals surface area contributed by atoms with Crippen molar-refractivity contribution < 1.29 is 4.79 Å². The van der Waals surface area contributed by atoms with Gasteiger partial charge in [-0.05, 0) is 29.4 Å². The Labute approximate surface area is 98.9 Å². The molecule has 0 spiro atoms. The predicted molar refractivity (Wildman–Crippen MR) is 68.6 cm³/mol. The van der Waals surface area contributed by atoms with Gasteiger partial charge in [0.25, 0.3) is 0 Å². The Bertz CT molecular complexity index is 322. The molecule has 1 aromatic carbocycles. The highest BCUT2D eigenvalue weighted by Crippen LogP contribution is 2.18. The van der Waals surface area contributed by atoms with Gasteiger partial charge in [-0.15, -0.1) is 0 Å². The van der Waals surface area contributed by atoms with Crippen LogP contribution in [0.3, 0.4) is 0 Å². The Morgan fingerprint density at radius 1 is 1.06 bits per heavy atom. The second-order valence-electron chi connectivity index (χ2n) is 5.14. The molecular formula is C15H22O. The number of aldehydes is 1. The molecule has 16 heavy (non-hydrogen) atoms. The smallest absolute Gasteiger partial charge is 0.123 e. The van der Waals surface area contributed by atoms with Crippen LogP contribution in [0.15, 0.2) is 24.3 Å². The Kier molecular flexibility index (Phi) is 4.72. The quantitative estimate of drug-likeness (QED) is 0.687. The molecule has 0 amide bonds. The lowest BCUT2D eigenvalue weighted by atomic mass is 9.90. The third kappa shape index (κ3) is 3.48. The lowest BCUT2D eigenvalue weighted by Gasteiger charge is -2.14. The number of carbonyl (C=O) groups excluding carboxylic acids is 1. The molecule has 0 N–H and O–H groups in total. The van der Waals surface area contributed by atoms with Crippen LogP contribution in [0.25, 0.3) is 0 Å². The fraction of sp³-hybridized carbons (Fsp3) is 0.533. The normalized spacial score (nSPS) is 13.1. The minimum absolute atomic E-state index is 0.143. The molecule has 0 saturated carbocycles. The molecule has 0 saturated heterocycles. The van der Waals surface area contributed by atoms with Crippen LogP contribution in [0, 0.1) is 11.8 Å². The van der Waals surface area contributed by atoms with Crippen molar-refractivity contribution in [3.8, 4) is 0 Å². The van der Waals surface area contributed by atoms with E-state index in [0.29, 0.717) is 11.8 Å². The summed E-state index contributed by atoms with van der Waals surface area (Å²) in [4.78, 5) is 10.9. The van der Waals surface area contributed by atoms with Crippen molar-refractivity contribution >= 4 is 6.29 Å². The summed E-state index contributed by atoms with van der Waals surface area (Å²) in [7, 11) is 0. The van der Waals surface area contributed by atoms with Gasteiger partial charge in [0, 0.05) is 5.92 Å². The van der Waals surface area contributed by atoms with Gasteiger partial charge in [-0.25, -0.2) is 0 Å². The molecule has 0 radical (unpaired) electrons. The molecule has 0 bridgehead atoms. The molecule has 1 nitrogen and oxygen atoms in total. The summed E-state index contributed by atoms with van der Waals surface area (Å²) in [5.74, 6) is 1.13. The van der Waals surface area contributed by atoms with E-state index in [-0.39, 0.29) is 5.92 Å². The van der Waals surface area contributed by atoms with Crippen molar-refractivity contribution in [2.75, 3.05) is 0 Å². The molecule has 1 rings (SSSR count). The summed E-state index contributed by atoms with van der Waals surface area (Å²) in [5.41, 5.74) is 2.62. The summed E-state index contributed by atoms with van der Waals surface area (Å²) in [5, 5.41) is 0. The first-order valence-electron chi connectivity index (χ1n) is 6.08. The molecule has 0 fully saturated rings. The SMILES string of the molecule is CC(C)c1ccc(CC(C=O)C(C)C)cc1. The van der Waals surface area contributed by atoms with Gasteiger partial charge in [-0.1, -0.05) is 52.0 Å². The fourth-order valence-electron chi connectivity index (χ4n) is 1.75. The molecular weight excluding hydrogens is 196 g/mol. The number of carbonyl (C=O) groups is 1. The van der Waals surface area contributed by atoms with Crippen LogP contribution in [-0.4, -0.2) is 6.29 Å². The van der Waals surface area contributed by atoms with Crippen LogP contribution in [-0.2, 0) is 11.2 Å². The average molecular weight is 218 g/mol. The van der Waals surface area contributed by atoms with Gasteiger partial charge in [0.15, 0.2) is 0 Å². The van der Waals surface area contributed by atoms with Crippen LogP contribution in [0.2, 0.25) is 0 Å². The summed E-state index contributed by atoms with van der Waals surface area (Å²) in [6.45, 7) is 8.58. The molecule has 0 aliphatic rings. The highest BCUT2D eigenvalue weighted by atomic mass is 16.1. The second kappa shape index (κ2) is 5.83. The van der Waals surface area contributed by atoms with Gasteiger partial charge in [-0.3, -0.25) is 0 Å². The summed E-state index contributed by atoms with van der Waals surface area (Å²) in [6.07, 6.45) is 1.95. The third-order valence-corrected chi connectivity index (χ3v) is 3.15. The topological polar surface area (TPSA) is 17.1 Å². The zero-order valence-electron chi connectivity index (χ0n) is 10.7. The number of hydrogen-bond donors (Lipinski definition) is 0. The zero-order valence-corrected chi connectivity index (χ0v) is 10.7. The van der Waals surface area contributed by atoms with E-state index in [0.717, 1.165) is 12.7 Å². The van der Waals surface area contributed by atoms with E-state index in [4.69, 9.17) is 0 Å². The van der Waals surface area contributed by atoms with Crippen molar-refractivity contribution in [2.24, 2.45) is 11.8 Å². The molecule has 0 heterocycles. The average Bonchev–Trinajstić information content (AvgIpc) is 2.26. The van der Waals surface area contributed by atoms with Crippen molar-refractivity contribution in [3.05, 3.63) is 35.4 Å². The first-order chi connectivity index (χ1) is 7.54. The second-order valence-corrected chi connectivity index (χ2v) is 5.14.